The highest BCUT2D eigenvalue weighted by Crippen LogP contribution is 2.31. The predicted octanol–water partition coefficient (Wildman–Crippen LogP) is 0.775. The van der Waals surface area contributed by atoms with Gasteiger partial charge in [-0.15, -0.1) is 0 Å². The van der Waals surface area contributed by atoms with Gasteiger partial charge in [0.25, 0.3) is 5.91 Å². The van der Waals surface area contributed by atoms with Gasteiger partial charge in [-0.1, -0.05) is 11.6 Å². The minimum absolute atomic E-state index is 0.0489. The summed E-state index contributed by atoms with van der Waals surface area (Å²) in [7, 11) is 0. The lowest BCUT2D eigenvalue weighted by Crippen LogP contribution is -2.56. The summed E-state index contributed by atoms with van der Waals surface area (Å²) in [6.45, 7) is -0.0489. The number of aliphatic hydroxyl groups is 1. The van der Waals surface area contributed by atoms with Crippen LogP contribution in [0.4, 0.5) is 0 Å². The van der Waals surface area contributed by atoms with Crippen molar-refractivity contribution >= 4 is 17.5 Å². The second-order valence-electron chi connectivity index (χ2n) is 3.97. The van der Waals surface area contributed by atoms with Gasteiger partial charge >= 0.3 is 0 Å². The molecule has 0 spiro atoms. The molecule has 0 saturated heterocycles. The largest absolute Gasteiger partial charge is 0.394 e. The maximum absolute atomic E-state index is 11.8. The third-order valence-electron chi connectivity index (χ3n) is 2.83. The van der Waals surface area contributed by atoms with Crippen molar-refractivity contribution in [1.82, 2.24) is 15.3 Å². The zero-order valence-electron chi connectivity index (χ0n) is 8.61. The molecule has 1 aliphatic rings. The molecule has 1 aliphatic carbocycles. The van der Waals surface area contributed by atoms with E-state index in [1.54, 1.807) is 0 Å². The quantitative estimate of drug-likeness (QED) is 0.820. The number of hydrogen-bond acceptors (Lipinski definition) is 4. The Kier molecular flexibility index (Phi) is 3.07. The van der Waals surface area contributed by atoms with Gasteiger partial charge in [-0.3, -0.25) is 9.78 Å². The van der Waals surface area contributed by atoms with Crippen LogP contribution in [0.15, 0.2) is 12.4 Å². The Hall–Kier alpha value is -1.20. The molecule has 1 heterocycles. The van der Waals surface area contributed by atoms with Gasteiger partial charge in [-0.05, 0) is 19.3 Å². The van der Waals surface area contributed by atoms with Gasteiger partial charge in [0.15, 0.2) is 0 Å². The fourth-order valence-electron chi connectivity index (χ4n) is 1.68. The van der Waals surface area contributed by atoms with Crippen LogP contribution >= 0.6 is 11.6 Å². The first-order valence-electron chi connectivity index (χ1n) is 5.06. The first-order valence-corrected chi connectivity index (χ1v) is 5.44. The summed E-state index contributed by atoms with van der Waals surface area (Å²) in [5.41, 5.74) is -0.298. The fourth-order valence-corrected chi connectivity index (χ4v) is 1.83. The minimum Gasteiger partial charge on any atom is -0.394 e. The van der Waals surface area contributed by atoms with Crippen LogP contribution in [0, 0.1) is 0 Å². The average Bonchev–Trinajstić information content (AvgIpc) is 2.23. The lowest BCUT2D eigenvalue weighted by Gasteiger charge is -2.40. The Labute approximate surface area is 97.9 Å². The maximum Gasteiger partial charge on any atom is 0.272 e. The number of carbonyl (C=O) groups is 1. The van der Waals surface area contributed by atoms with Crippen LogP contribution in [-0.4, -0.2) is 33.1 Å². The maximum atomic E-state index is 11.8. The number of aliphatic hydroxyl groups excluding tert-OH is 1. The number of aromatic nitrogens is 2. The van der Waals surface area contributed by atoms with Gasteiger partial charge in [0, 0.05) is 0 Å². The third kappa shape index (κ3) is 2.15. The molecule has 2 N–H and O–H groups in total. The fraction of sp³-hybridized carbons (Fsp3) is 0.500. The van der Waals surface area contributed by atoms with E-state index in [-0.39, 0.29) is 23.4 Å². The number of carbonyl (C=O) groups excluding carboxylic acids is 1. The molecule has 1 amide bonds. The molecule has 6 heteroatoms. The molecule has 0 atom stereocenters. The Bertz CT molecular complexity index is 401. The van der Waals surface area contributed by atoms with E-state index >= 15 is 0 Å². The number of halogens is 1. The van der Waals surface area contributed by atoms with E-state index < -0.39 is 5.54 Å². The lowest BCUT2D eigenvalue weighted by molar-refractivity contribution is 0.0637. The summed E-state index contributed by atoms with van der Waals surface area (Å²) in [6, 6.07) is 0. The van der Waals surface area contributed by atoms with E-state index in [4.69, 9.17) is 11.6 Å². The molecule has 1 fully saturated rings. The van der Waals surface area contributed by atoms with Gasteiger partial charge in [0.05, 0.1) is 24.5 Å². The second-order valence-corrected chi connectivity index (χ2v) is 4.36. The van der Waals surface area contributed by atoms with Crippen molar-refractivity contribution < 1.29 is 9.90 Å². The highest BCUT2D eigenvalue weighted by molar-refractivity contribution is 6.29. The van der Waals surface area contributed by atoms with Crippen molar-refractivity contribution in [2.24, 2.45) is 0 Å². The number of nitrogens with zero attached hydrogens (tertiary/aromatic N) is 2. The molecule has 16 heavy (non-hydrogen) atoms. The summed E-state index contributed by atoms with van der Waals surface area (Å²) in [4.78, 5) is 19.4. The van der Waals surface area contributed by atoms with Gasteiger partial charge in [0.2, 0.25) is 0 Å². The van der Waals surface area contributed by atoms with Crippen LogP contribution in [0.2, 0.25) is 5.15 Å². The van der Waals surface area contributed by atoms with Crippen molar-refractivity contribution in [3.63, 3.8) is 0 Å². The molecule has 0 bridgehead atoms. The Morgan fingerprint density at radius 2 is 2.31 bits per heavy atom. The SMILES string of the molecule is O=C(NC1(CO)CCC1)c1cncc(Cl)n1. The summed E-state index contributed by atoms with van der Waals surface area (Å²) >= 11 is 5.64. The number of hydrogen-bond donors (Lipinski definition) is 2. The van der Waals surface area contributed by atoms with Crippen molar-refractivity contribution in [1.29, 1.82) is 0 Å². The number of rotatable bonds is 3. The molecular formula is C10H12ClN3O2. The van der Waals surface area contributed by atoms with E-state index in [2.05, 4.69) is 15.3 Å². The van der Waals surface area contributed by atoms with Gasteiger partial charge in [0.1, 0.15) is 10.8 Å². The first-order chi connectivity index (χ1) is 7.65. The first kappa shape index (κ1) is 11.3. The third-order valence-corrected chi connectivity index (χ3v) is 3.01. The molecule has 0 unspecified atom stereocenters. The molecule has 1 aromatic heterocycles. The van der Waals surface area contributed by atoms with E-state index in [9.17, 15) is 9.90 Å². The predicted molar refractivity (Wildman–Crippen MR) is 58.2 cm³/mol. The Morgan fingerprint density at radius 3 is 2.81 bits per heavy atom. The highest BCUT2D eigenvalue weighted by atomic mass is 35.5. The molecule has 0 radical (unpaired) electrons. The summed E-state index contributed by atoms with van der Waals surface area (Å²) in [6.07, 6.45) is 5.32. The number of nitrogens with one attached hydrogen (secondary N) is 1. The molecule has 1 aromatic rings. The van der Waals surface area contributed by atoms with Gasteiger partial charge in [-0.25, -0.2) is 4.98 Å². The zero-order chi connectivity index (χ0) is 11.6. The van der Waals surface area contributed by atoms with Crippen molar-refractivity contribution in [3.05, 3.63) is 23.2 Å². The van der Waals surface area contributed by atoms with Crippen LogP contribution in [0.3, 0.4) is 0 Å². The van der Waals surface area contributed by atoms with Gasteiger partial charge < -0.3 is 10.4 Å². The monoisotopic (exact) mass is 241 g/mol. The van der Waals surface area contributed by atoms with Crippen LogP contribution in [0.5, 0.6) is 0 Å². The van der Waals surface area contributed by atoms with Gasteiger partial charge in [-0.2, -0.15) is 0 Å². The summed E-state index contributed by atoms with van der Waals surface area (Å²) in [5, 5.41) is 12.2. The van der Waals surface area contributed by atoms with E-state index in [1.165, 1.54) is 12.4 Å². The molecule has 5 nitrogen and oxygen atoms in total. The smallest absolute Gasteiger partial charge is 0.272 e. The summed E-state index contributed by atoms with van der Waals surface area (Å²) in [5.74, 6) is -0.344. The molecule has 0 aromatic carbocycles. The topological polar surface area (TPSA) is 75.1 Å². The van der Waals surface area contributed by atoms with E-state index in [0.717, 1.165) is 19.3 Å². The highest BCUT2D eigenvalue weighted by Gasteiger charge is 2.38. The van der Waals surface area contributed by atoms with Crippen LogP contribution < -0.4 is 5.32 Å². The van der Waals surface area contributed by atoms with Crippen LogP contribution in [-0.2, 0) is 0 Å². The standard InChI is InChI=1S/C10H12ClN3O2/c11-8-5-12-4-7(13-8)9(16)14-10(6-15)2-1-3-10/h4-5,15H,1-3,6H2,(H,14,16). The van der Waals surface area contributed by atoms with Crippen LogP contribution in [0.25, 0.3) is 0 Å². The lowest BCUT2D eigenvalue weighted by atomic mass is 9.77. The minimum atomic E-state index is -0.471. The molecular weight excluding hydrogens is 230 g/mol. The van der Waals surface area contributed by atoms with Crippen LogP contribution in [0.1, 0.15) is 29.8 Å². The summed E-state index contributed by atoms with van der Waals surface area (Å²) < 4.78 is 0. The normalized spacial score (nSPS) is 17.6. The zero-order valence-corrected chi connectivity index (χ0v) is 9.37. The van der Waals surface area contributed by atoms with Crippen molar-refractivity contribution in [3.8, 4) is 0 Å². The van der Waals surface area contributed by atoms with E-state index in [0.29, 0.717) is 0 Å². The molecule has 2 rings (SSSR count). The molecule has 1 saturated carbocycles. The second kappa shape index (κ2) is 4.35. The van der Waals surface area contributed by atoms with E-state index in [1.807, 2.05) is 0 Å². The number of amides is 1. The van der Waals surface area contributed by atoms with Crippen molar-refractivity contribution in [2.45, 2.75) is 24.8 Å². The molecule has 0 aliphatic heterocycles. The average molecular weight is 242 g/mol. The Morgan fingerprint density at radius 1 is 1.56 bits per heavy atom. The van der Waals surface area contributed by atoms with Crippen molar-refractivity contribution in [2.75, 3.05) is 6.61 Å². The Balaban J connectivity index is 2.08. The molecule has 86 valence electrons.